The standard InChI is InChI=1S/C23H28N2O3/c1-17-7-5-6-10-20(17)21(15-22(26)27)24-23(28)19-11-13-25(14-12-19)16-18-8-3-2-4-9-18/h2-10,19,21H,11-16H2,1H3,(H,24,28)(H,26,27). The van der Waals surface area contributed by atoms with Gasteiger partial charge < -0.3 is 10.4 Å². The number of likely N-dealkylation sites (tertiary alicyclic amines) is 1. The van der Waals surface area contributed by atoms with Crippen LogP contribution in [-0.4, -0.2) is 35.0 Å². The number of rotatable bonds is 7. The van der Waals surface area contributed by atoms with Crippen molar-refractivity contribution in [3.8, 4) is 0 Å². The molecular weight excluding hydrogens is 352 g/mol. The highest BCUT2D eigenvalue weighted by atomic mass is 16.4. The van der Waals surface area contributed by atoms with Gasteiger partial charge in [0.15, 0.2) is 0 Å². The minimum absolute atomic E-state index is 0.0335. The lowest BCUT2D eigenvalue weighted by atomic mass is 9.93. The molecule has 1 unspecified atom stereocenters. The van der Waals surface area contributed by atoms with E-state index in [1.165, 1.54) is 5.56 Å². The molecular formula is C23H28N2O3. The summed E-state index contributed by atoms with van der Waals surface area (Å²) in [5.74, 6) is -1.01. The van der Waals surface area contributed by atoms with E-state index in [9.17, 15) is 14.7 Å². The van der Waals surface area contributed by atoms with Gasteiger partial charge in [0.2, 0.25) is 5.91 Å². The number of hydrogen-bond donors (Lipinski definition) is 2. The fraction of sp³-hybridized carbons (Fsp3) is 0.391. The number of carboxylic acids is 1. The first-order chi connectivity index (χ1) is 13.5. The fourth-order valence-corrected chi connectivity index (χ4v) is 3.88. The maximum atomic E-state index is 12.8. The Morgan fingerprint density at radius 2 is 1.71 bits per heavy atom. The molecule has 2 aromatic carbocycles. The Hall–Kier alpha value is -2.66. The molecule has 0 saturated carbocycles. The SMILES string of the molecule is Cc1ccccc1C(CC(=O)O)NC(=O)C1CCN(Cc2ccccc2)CC1. The number of piperidine rings is 1. The van der Waals surface area contributed by atoms with Gasteiger partial charge in [-0.2, -0.15) is 0 Å². The third-order valence-corrected chi connectivity index (χ3v) is 5.47. The minimum Gasteiger partial charge on any atom is -0.481 e. The molecule has 2 aromatic rings. The van der Waals surface area contributed by atoms with Crippen molar-refractivity contribution in [2.24, 2.45) is 5.92 Å². The van der Waals surface area contributed by atoms with Crippen LogP contribution in [0.5, 0.6) is 0 Å². The molecule has 5 nitrogen and oxygen atoms in total. The second-order valence-corrected chi connectivity index (χ2v) is 7.55. The van der Waals surface area contributed by atoms with Crippen LogP contribution in [0.25, 0.3) is 0 Å². The van der Waals surface area contributed by atoms with Crippen molar-refractivity contribution >= 4 is 11.9 Å². The van der Waals surface area contributed by atoms with Crippen LogP contribution in [0.2, 0.25) is 0 Å². The number of aryl methyl sites for hydroxylation is 1. The highest BCUT2D eigenvalue weighted by molar-refractivity contribution is 5.80. The molecule has 1 aliphatic heterocycles. The Morgan fingerprint density at radius 3 is 2.36 bits per heavy atom. The smallest absolute Gasteiger partial charge is 0.305 e. The molecule has 5 heteroatoms. The summed E-state index contributed by atoms with van der Waals surface area (Å²) in [5, 5.41) is 12.3. The van der Waals surface area contributed by atoms with Crippen molar-refractivity contribution in [2.75, 3.05) is 13.1 Å². The van der Waals surface area contributed by atoms with E-state index in [0.717, 1.165) is 43.6 Å². The monoisotopic (exact) mass is 380 g/mol. The van der Waals surface area contributed by atoms with Gasteiger partial charge in [-0.1, -0.05) is 54.6 Å². The molecule has 1 aliphatic rings. The Bertz CT molecular complexity index is 799. The number of nitrogens with zero attached hydrogens (tertiary/aromatic N) is 1. The van der Waals surface area contributed by atoms with Gasteiger partial charge in [0.1, 0.15) is 0 Å². The van der Waals surface area contributed by atoms with Gasteiger partial charge in [-0.3, -0.25) is 14.5 Å². The number of carbonyl (C=O) groups excluding carboxylic acids is 1. The summed E-state index contributed by atoms with van der Waals surface area (Å²) in [4.78, 5) is 26.5. The zero-order chi connectivity index (χ0) is 19.9. The van der Waals surface area contributed by atoms with Crippen molar-refractivity contribution < 1.29 is 14.7 Å². The summed E-state index contributed by atoms with van der Waals surface area (Å²) in [5.41, 5.74) is 3.15. The second kappa shape index (κ2) is 9.51. The van der Waals surface area contributed by atoms with Crippen LogP contribution in [0.1, 0.15) is 42.0 Å². The second-order valence-electron chi connectivity index (χ2n) is 7.55. The largest absolute Gasteiger partial charge is 0.481 e. The number of aliphatic carboxylic acids is 1. The molecule has 0 radical (unpaired) electrons. The molecule has 0 bridgehead atoms. The van der Waals surface area contributed by atoms with E-state index in [0.29, 0.717) is 0 Å². The van der Waals surface area contributed by atoms with Crippen LogP contribution in [0, 0.1) is 12.8 Å². The predicted molar refractivity (Wildman–Crippen MR) is 109 cm³/mol. The van der Waals surface area contributed by atoms with Gasteiger partial charge in [0, 0.05) is 12.5 Å². The summed E-state index contributed by atoms with van der Waals surface area (Å²) in [7, 11) is 0. The molecule has 1 heterocycles. The lowest BCUT2D eigenvalue weighted by Crippen LogP contribution is -2.41. The van der Waals surface area contributed by atoms with Gasteiger partial charge in [-0.05, 0) is 49.5 Å². The van der Waals surface area contributed by atoms with E-state index >= 15 is 0 Å². The van der Waals surface area contributed by atoms with Crippen LogP contribution in [0.15, 0.2) is 54.6 Å². The van der Waals surface area contributed by atoms with E-state index in [1.807, 2.05) is 49.4 Å². The topological polar surface area (TPSA) is 69.6 Å². The molecule has 0 spiro atoms. The van der Waals surface area contributed by atoms with Crippen LogP contribution >= 0.6 is 0 Å². The molecule has 3 rings (SSSR count). The van der Waals surface area contributed by atoms with Gasteiger partial charge in [0.05, 0.1) is 12.5 Å². The minimum atomic E-state index is -0.911. The van der Waals surface area contributed by atoms with E-state index in [2.05, 4.69) is 22.3 Å². The summed E-state index contributed by atoms with van der Waals surface area (Å²) >= 11 is 0. The molecule has 1 fully saturated rings. The summed E-state index contributed by atoms with van der Waals surface area (Å²) in [6, 6.07) is 17.5. The Balaban J connectivity index is 1.57. The van der Waals surface area contributed by atoms with Crippen LogP contribution in [0.3, 0.4) is 0 Å². The highest BCUT2D eigenvalue weighted by Crippen LogP contribution is 2.24. The summed E-state index contributed by atoms with van der Waals surface area (Å²) in [6.07, 6.45) is 1.49. The lowest BCUT2D eigenvalue weighted by Gasteiger charge is -2.32. The van der Waals surface area contributed by atoms with Crippen LogP contribution in [-0.2, 0) is 16.1 Å². The fourth-order valence-electron chi connectivity index (χ4n) is 3.88. The highest BCUT2D eigenvalue weighted by Gasteiger charge is 2.28. The molecule has 28 heavy (non-hydrogen) atoms. The molecule has 1 saturated heterocycles. The first kappa shape index (κ1) is 20.1. The first-order valence-corrected chi connectivity index (χ1v) is 9.87. The predicted octanol–water partition coefficient (Wildman–Crippen LogP) is 3.54. The van der Waals surface area contributed by atoms with Crippen molar-refractivity contribution in [1.82, 2.24) is 10.2 Å². The molecule has 0 aromatic heterocycles. The van der Waals surface area contributed by atoms with E-state index < -0.39 is 12.0 Å². The van der Waals surface area contributed by atoms with Gasteiger partial charge in [0.25, 0.3) is 0 Å². The summed E-state index contributed by atoms with van der Waals surface area (Å²) in [6.45, 7) is 4.60. The molecule has 1 amide bonds. The first-order valence-electron chi connectivity index (χ1n) is 9.87. The number of carbonyl (C=O) groups is 2. The van der Waals surface area contributed by atoms with Gasteiger partial charge >= 0.3 is 5.97 Å². The maximum Gasteiger partial charge on any atom is 0.305 e. The molecule has 1 atom stereocenters. The number of benzene rings is 2. The number of amides is 1. The van der Waals surface area contributed by atoms with Crippen molar-refractivity contribution in [2.45, 2.75) is 38.8 Å². The average molecular weight is 380 g/mol. The number of carboxylic acid groups (broad SMARTS) is 1. The summed E-state index contributed by atoms with van der Waals surface area (Å²) < 4.78 is 0. The van der Waals surface area contributed by atoms with Crippen molar-refractivity contribution in [3.05, 3.63) is 71.3 Å². The third-order valence-electron chi connectivity index (χ3n) is 5.47. The van der Waals surface area contributed by atoms with E-state index in [-0.39, 0.29) is 18.2 Å². The zero-order valence-electron chi connectivity index (χ0n) is 16.3. The Labute approximate surface area is 166 Å². The van der Waals surface area contributed by atoms with E-state index in [4.69, 9.17) is 0 Å². The molecule has 0 aliphatic carbocycles. The number of nitrogens with one attached hydrogen (secondary N) is 1. The normalized spacial score (nSPS) is 16.5. The Kier molecular flexibility index (Phi) is 6.82. The molecule has 2 N–H and O–H groups in total. The molecule has 148 valence electrons. The van der Waals surface area contributed by atoms with Gasteiger partial charge in [-0.15, -0.1) is 0 Å². The van der Waals surface area contributed by atoms with Crippen LogP contribution < -0.4 is 5.32 Å². The Morgan fingerprint density at radius 1 is 1.07 bits per heavy atom. The zero-order valence-corrected chi connectivity index (χ0v) is 16.3. The van der Waals surface area contributed by atoms with Crippen molar-refractivity contribution in [3.63, 3.8) is 0 Å². The third kappa shape index (κ3) is 5.42. The van der Waals surface area contributed by atoms with Crippen molar-refractivity contribution in [1.29, 1.82) is 0 Å². The number of hydrogen-bond acceptors (Lipinski definition) is 3. The average Bonchev–Trinajstić information content (AvgIpc) is 2.69. The lowest BCUT2D eigenvalue weighted by molar-refractivity contribution is -0.138. The van der Waals surface area contributed by atoms with E-state index in [1.54, 1.807) is 0 Å². The van der Waals surface area contributed by atoms with Gasteiger partial charge in [-0.25, -0.2) is 0 Å². The van der Waals surface area contributed by atoms with Crippen LogP contribution in [0.4, 0.5) is 0 Å². The maximum absolute atomic E-state index is 12.8. The quantitative estimate of drug-likeness (QED) is 0.771.